The van der Waals surface area contributed by atoms with E-state index in [0.717, 1.165) is 16.7 Å². The van der Waals surface area contributed by atoms with Crippen molar-refractivity contribution in [1.29, 1.82) is 0 Å². The van der Waals surface area contributed by atoms with Crippen molar-refractivity contribution < 1.29 is 8.42 Å². The number of benzene rings is 1. The summed E-state index contributed by atoms with van der Waals surface area (Å²) in [5.41, 5.74) is 8.47. The average molecular weight is 255 g/mol. The van der Waals surface area contributed by atoms with Gasteiger partial charge in [0.1, 0.15) is 0 Å². The van der Waals surface area contributed by atoms with E-state index < -0.39 is 9.84 Å². The number of sulfone groups is 1. The van der Waals surface area contributed by atoms with Crippen molar-refractivity contribution >= 4 is 9.84 Å². The second-order valence-electron chi connectivity index (χ2n) is 4.77. The van der Waals surface area contributed by atoms with Crippen LogP contribution in [0.1, 0.15) is 23.6 Å². The molecular formula is C13H21NO2S. The van der Waals surface area contributed by atoms with Crippen LogP contribution < -0.4 is 5.73 Å². The summed E-state index contributed by atoms with van der Waals surface area (Å²) in [6.07, 6.45) is 0. The first kappa shape index (κ1) is 14.2. The minimum atomic E-state index is -3.07. The molecule has 0 radical (unpaired) electrons. The Hall–Kier alpha value is -0.870. The predicted molar refractivity (Wildman–Crippen MR) is 71.6 cm³/mol. The number of rotatable bonds is 5. The summed E-state index contributed by atoms with van der Waals surface area (Å²) >= 11 is 0. The lowest BCUT2D eigenvalue weighted by atomic mass is 10.1. The molecule has 0 aliphatic heterocycles. The van der Waals surface area contributed by atoms with Gasteiger partial charge in [0.25, 0.3) is 0 Å². The van der Waals surface area contributed by atoms with Crippen LogP contribution in [0.4, 0.5) is 0 Å². The van der Waals surface area contributed by atoms with Crippen LogP contribution in [0.3, 0.4) is 0 Å². The summed E-state index contributed by atoms with van der Waals surface area (Å²) in [4.78, 5) is 0. The second kappa shape index (κ2) is 5.65. The van der Waals surface area contributed by atoms with Gasteiger partial charge in [0.15, 0.2) is 9.84 Å². The standard InChI is InChI=1S/C13H21NO2S/c1-10(7-14)8-17(15,16)9-13-11(2)5-4-6-12(13)3/h4-6,10H,7-9,14H2,1-3H3. The molecule has 0 amide bonds. The van der Waals surface area contributed by atoms with Crippen LogP contribution in [0.15, 0.2) is 18.2 Å². The lowest BCUT2D eigenvalue weighted by Gasteiger charge is -2.12. The van der Waals surface area contributed by atoms with E-state index in [1.807, 2.05) is 39.0 Å². The van der Waals surface area contributed by atoms with E-state index in [-0.39, 0.29) is 17.4 Å². The molecule has 1 atom stereocenters. The van der Waals surface area contributed by atoms with Crippen molar-refractivity contribution in [2.75, 3.05) is 12.3 Å². The van der Waals surface area contributed by atoms with Gasteiger partial charge in [-0.05, 0) is 43.0 Å². The Labute approximate surface area is 104 Å². The highest BCUT2D eigenvalue weighted by Gasteiger charge is 2.17. The molecule has 0 saturated heterocycles. The third kappa shape index (κ3) is 4.13. The second-order valence-corrected chi connectivity index (χ2v) is 6.87. The Bertz CT molecular complexity index is 460. The highest BCUT2D eigenvalue weighted by Crippen LogP contribution is 2.17. The minimum Gasteiger partial charge on any atom is -0.330 e. The van der Waals surface area contributed by atoms with Crippen molar-refractivity contribution in [2.45, 2.75) is 26.5 Å². The molecule has 0 bridgehead atoms. The summed E-state index contributed by atoms with van der Waals surface area (Å²) in [6.45, 7) is 6.17. The molecule has 0 aliphatic rings. The van der Waals surface area contributed by atoms with Crippen LogP contribution in [0, 0.1) is 19.8 Å². The molecule has 0 aliphatic carbocycles. The molecule has 0 aromatic heterocycles. The molecule has 1 rings (SSSR count). The monoisotopic (exact) mass is 255 g/mol. The highest BCUT2D eigenvalue weighted by molar-refractivity contribution is 7.90. The van der Waals surface area contributed by atoms with Crippen molar-refractivity contribution in [2.24, 2.45) is 11.7 Å². The molecular weight excluding hydrogens is 234 g/mol. The van der Waals surface area contributed by atoms with E-state index in [0.29, 0.717) is 6.54 Å². The van der Waals surface area contributed by atoms with Crippen molar-refractivity contribution in [3.05, 3.63) is 34.9 Å². The number of nitrogens with two attached hydrogens (primary N) is 1. The summed E-state index contributed by atoms with van der Waals surface area (Å²) < 4.78 is 24.0. The summed E-state index contributed by atoms with van der Waals surface area (Å²) in [6, 6.07) is 5.84. The van der Waals surface area contributed by atoms with E-state index >= 15 is 0 Å². The molecule has 4 heteroatoms. The molecule has 2 N–H and O–H groups in total. The van der Waals surface area contributed by atoms with Crippen LogP contribution in [-0.4, -0.2) is 20.7 Å². The largest absolute Gasteiger partial charge is 0.330 e. The van der Waals surface area contributed by atoms with Crippen molar-refractivity contribution in [3.8, 4) is 0 Å². The van der Waals surface area contributed by atoms with Gasteiger partial charge in [-0.15, -0.1) is 0 Å². The highest BCUT2D eigenvalue weighted by atomic mass is 32.2. The zero-order valence-corrected chi connectivity index (χ0v) is 11.5. The van der Waals surface area contributed by atoms with E-state index in [9.17, 15) is 8.42 Å². The molecule has 0 saturated carbocycles. The molecule has 0 heterocycles. The topological polar surface area (TPSA) is 60.2 Å². The molecule has 3 nitrogen and oxygen atoms in total. The smallest absolute Gasteiger partial charge is 0.154 e. The van der Waals surface area contributed by atoms with Gasteiger partial charge in [0, 0.05) is 0 Å². The van der Waals surface area contributed by atoms with Crippen LogP contribution in [0.5, 0.6) is 0 Å². The third-order valence-corrected chi connectivity index (χ3v) is 4.75. The van der Waals surface area contributed by atoms with Crippen molar-refractivity contribution in [3.63, 3.8) is 0 Å². The maximum atomic E-state index is 12.0. The maximum Gasteiger partial charge on any atom is 0.154 e. The molecule has 1 unspecified atom stereocenters. The van der Waals surface area contributed by atoms with Gasteiger partial charge in [-0.1, -0.05) is 25.1 Å². The summed E-state index contributed by atoms with van der Waals surface area (Å²) in [5, 5.41) is 0. The number of hydrogen-bond acceptors (Lipinski definition) is 3. The summed E-state index contributed by atoms with van der Waals surface area (Å²) in [5.74, 6) is 0.303. The third-order valence-electron chi connectivity index (χ3n) is 2.95. The first-order valence-corrected chi connectivity index (χ1v) is 7.63. The van der Waals surface area contributed by atoms with Crippen LogP contribution in [-0.2, 0) is 15.6 Å². The quantitative estimate of drug-likeness (QED) is 0.873. The summed E-state index contributed by atoms with van der Waals surface area (Å²) in [7, 11) is -3.07. The van der Waals surface area contributed by atoms with Crippen LogP contribution >= 0.6 is 0 Å². The number of hydrogen-bond donors (Lipinski definition) is 1. The Morgan fingerprint density at radius 1 is 1.24 bits per heavy atom. The molecule has 0 spiro atoms. The predicted octanol–water partition coefficient (Wildman–Crippen LogP) is 1.81. The van der Waals surface area contributed by atoms with E-state index in [1.54, 1.807) is 0 Å². The van der Waals surface area contributed by atoms with E-state index in [1.165, 1.54) is 0 Å². The fourth-order valence-electron chi connectivity index (χ4n) is 1.86. The van der Waals surface area contributed by atoms with Gasteiger partial charge in [0.2, 0.25) is 0 Å². The molecule has 1 aromatic carbocycles. The normalized spacial score (nSPS) is 13.6. The zero-order valence-electron chi connectivity index (χ0n) is 10.7. The van der Waals surface area contributed by atoms with Gasteiger partial charge in [-0.2, -0.15) is 0 Å². The Balaban J connectivity index is 2.91. The molecule has 17 heavy (non-hydrogen) atoms. The van der Waals surface area contributed by atoms with Crippen LogP contribution in [0.2, 0.25) is 0 Å². The average Bonchev–Trinajstić information content (AvgIpc) is 2.23. The fraction of sp³-hybridized carbons (Fsp3) is 0.538. The fourth-order valence-corrected chi connectivity index (χ4v) is 3.87. The van der Waals surface area contributed by atoms with Crippen LogP contribution in [0.25, 0.3) is 0 Å². The Kier molecular flexibility index (Phi) is 4.71. The van der Waals surface area contributed by atoms with Gasteiger partial charge in [0.05, 0.1) is 11.5 Å². The van der Waals surface area contributed by atoms with E-state index in [2.05, 4.69) is 0 Å². The van der Waals surface area contributed by atoms with Gasteiger partial charge < -0.3 is 5.73 Å². The molecule has 96 valence electrons. The molecule has 1 aromatic rings. The lowest BCUT2D eigenvalue weighted by Crippen LogP contribution is -2.22. The lowest BCUT2D eigenvalue weighted by molar-refractivity contribution is 0.573. The first-order valence-electron chi connectivity index (χ1n) is 5.81. The van der Waals surface area contributed by atoms with Gasteiger partial charge in [-0.25, -0.2) is 8.42 Å². The SMILES string of the molecule is Cc1cccc(C)c1CS(=O)(=O)CC(C)CN. The first-order chi connectivity index (χ1) is 7.85. The van der Waals surface area contributed by atoms with Crippen molar-refractivity contribution in [1.82, 2.24) is 0 Å². The van der Waals surface area contributed by atoms with Gasteiger partial charge in [-0.3, -0.25) is 0 Å². The van der Waals surface area contributed by atoms with Gasteiger partial charge >= 0.3 is 0 Å². The number of aryl methyl sites for hydroxylation is 2. The van der Waals surface area contributed by atoms with E-state index in [4.69, 9.17) is 5.73 Å². The Morgan fingerprint density at radius 2 is 1.76 bits per heavy atom. The molecule has 0 fully saturated rings. The zero-order chi connectivity index (χ0) is 13.1. The Morgan fingerprint density at radius 3 is 2.24 bits per heavy atom. The maximum absolute atomic E-state index is 12.0. The minimum absolute atomic E-state index is 0.0179.